The third-order valence-corrected chi connectivity index (χ3v) is 2.59. The summed E-state index contributed by atoms with van der Waals surface area (Å²) in [6, 6.07) is 7.70. The normalized spacial score (nSPS) is 10.4. The van der Waals surface area contributed by atoms with Gasteiger partial charge in [0.05, 0.1) is 25.6 Å². The Hall–Kier alpha value is -1.81. The minimum Gasteiger partial charge on any atom is -0.497 e. The van der Waals surface area contributed by atoms with Gasteiger partial charge in [0, 0.05) is 12.6 Å². The summed E-state index contributed by atoms with van der Waals surface area (Å²) in [6.45, 7) is -0.0248. The number of aliphatic hydroxyl groups is 1. The van der Waals surface area contributed by atoms with Gasteiger partial charge in [-0.3, -0.25) is 4.68 Å². The number of aromatic nitrogens is 2. The van der Waals surface area contributed by atoms with Crippen LogP contribution in [-0.4, -0.2) is 22.0 Å². The van der Waals surface area contributed by atoms with Gasteiger partial charge in [0.25, 0.3) is 0 Å². The highest BCUT2D eigenvalue weighted by Crippen LogP contribution is 2.26. The van der Waals surface area contributed by atoms with E-state index in [-0.39, 0.29) is 6.61 Å². The molecule has 1 heterocycles. The van der Waals surface area contributed by atoms with Crippen LogP contribution in [0.3, 0.4) is 0 Å². The number of aliphatic hydroxyl groups excluding tert-OH is 1. The van der Waals surface area contributed by atoms with Crippen LogP contribution in [0, 0.1) is 0 Å². The third-order valence-electron chi connectivity index (χ3n) is 2.59. The van der Waals surface area contributed by atoms with Crippen LogP contribution in [0.4, 0.5) is 0 Å². The molecule has 2 aromatic rings. The molecule has 0 amide bonds. The number of nitrogens with zero attached hydrogens (tertiary/aromatic N) is 2. The summed E-state index contributed by atoms with van der Waals surface area (Å²) in [4.78, 5) is 0. The van der Waals surface area contributed by atoms with Crippen LogP contribution in [0.2, 0.25) is 0 Å². The van der Waals surface area contributed by atoms with Crippen molar-refractivity contribution in [2.45, 2.75) is 6.61 Å². The molecular formula is C12H14N2O2. The number of benzene rings is 1. The highest BCUT2D eigenvalue weighted by atomic mass is 16.5. The minimum absolute atomic E-state index is 0.0248. The van der Waals surface area contributed by atoms with Gasteiger partial charge >= 0.3 is 0 Å². The third kappa shape index (κ3) is 1.79. The van der Waals surface area contributed by atoms with Gasteiger partial charge in [0.15, 0.2) is 0 Å². The molecule has 2 rings (SSSR count). The van der Waals surface area contributed by atoms with Crippen molar-refractivity contribution >= 4 is 0 Å². The number of aryl methyl sites for hydroxylation is 1. The number of hydrogen-bond donors (Lipinski definition) is 1. The van der Waals surface area contributed by atoms with Gasteiger partial charge in [0.2, 0.25) is 0 Å². The minimum atomic E-state index is -0.0248. The van der Waals surface area contributed by atoms with Gasteiger partial charge in [-0.15, -0.1) is 0 Å². The van der Waals surface area contributed by atoms with E-state index in [1.165, 1.54) is 0 Å². The van der Waals surface area contributed by atoms with Crippen LogP contribution < -0.4 is 4.74 Å². The Balaban J connectivity index is 2.49. The largest absolute Gasteiger partial charge is 0.497 e. The van der Waals surface area contributed by atoms with E-state index in [2.05, 4.69) is 5.10 Å². The van der Waals surface area contributed by atoms with E-state index < -0.39 is 0 Å². The highest BCUT2D eigenvalue weighted by molar-refractivity contribution is 5.66. The number of methoxy groups -OCH3 is 1. The monoisotopic (exact) mass is 218 g/mol. The van der Waals surface area contributed by atoms with Crippen LogP contribution >= 0.6 is 0 Å². The molecule has 4 heteroatoms. The first-order valence-corrected chi connectivity index (χ1v) is 5.02. The molecule has 0 fully saturated rings. The van der Waals surface area contributed by atoms with Gasteiger partial charge in [0.1, 0.15) is 5.75 Å². The fraction of sp³-hybridized carbons (Fsp3) is 0.250. The van der Waals surface area contributed by atoms with Crippen molar-refractivity contribution in [3.05, 3.63) is 36.2 Å². The lowest BCUT2D eigenvalue weighted by Crippen LogP contribution is -1.98. The first-order chi connectivity index (χ1) is 7.76. The lowest BCUT2D eigenvalue weighted by atomic mass is 10.1. The van der Waals surface area contributed by atoms with E-state index in [1.807, 2.05) is 31.3 Å². The Bertz CT molecular complexity index is 492. The molecule has 0 aliphatic heterocycles. The molecule has 0 atom stereocenters. The average Bonchev–Trinajstić information content (AvgIpc) is 2.70. The molecule has 0 saturated carbocycles. The molecule has 4 nitrogen and oxygen atoms in total. The van der Waals surface area contributed by atoms with E-state index in [1.54, 1.807) is 18.0 Å². The fourth-order valence-electron chi connectivity index (χ4n) is 1.68. The second-order valence-electron chi connectivity index (χ2n) is 3.52. The van der Waals surface area contributed by atoms with Crippen LogP contribution in [0.1, 0.15) is 5.69 Å². The highest BCUT2D eigenvalue weighted by Gasteiger charge is 2.09. The van der Waals surface area contributed by atoms with Crippen molar-refractivity contribution in [2.24, 2.45) is 7.05 Å². The van der Waals surface area contributed by atoms with E-state index in [0.717, 1.165) is 22.6 Å². The maximum atomic E-state index is 9.28. The summed E-state index contributed by atoms with van der Waals surface area (Å²) in [6.07, 6.45) is 1.75. The van der Waals surface area contributed by atoms with Crippen LogP contribution in [0.25, 0.3) is 11.1 Å². The SMILES string of the molecule is COc1cccc(-c2cnn(C)c2CO)c1. The van der Waals surface area contributed by atoms with Crippen LogP contribution in [0.15, 0.2) is 30.5 Å². The molecule has 0 aliphatic carbocycles. The number of ether oxygens (including phenoxy) is 1. The van der Waals surface area contributed by atoms with Crippen molar-refractivity contribution in [3.63, 3.8) is 0 Å². The number of hydrogen-bond acceptors (Lipinski definition) is 3. The first kappa shape index (κ1) is 10.7. The molecule has 0 radical (unpaired) electrons. The van der Waals surface area contributed by atoms with Gasteiger partial charge in [-0.2, -0.15) is 5.10 Å². The Labute approximate surface area is 94.1 Å². The molecule has 0 aliphatic rings. The van der Waals surface area contributed by atoms with Crippen molar-refractivity contribution < 1.29 is 9.84 Å². The van der Waals surface area contributed by atoms with Crippen LogP contribution in [-0.2, 0) is 13.7 Å². The quantitative estimate of drug-likeness (QED) is 0.851. The van der Waals surface area contributed by atoms with E-state index in [9.17, 15) is 5.11 Å². The Morgan fingerprint density at radius 1 is 1.44 bits per heavy atom. The van der Waals surface area contributed by atoms with E-state index in [0.29, 0.717) is 0 Å². The number of rotatable bonds is 3. The zero-order chi connectivity index (χ0) is 11.5. The average molecular weight is 218 g/mol. The maximum absolute atomic E-state index is 9.28. The second-order valence-corrected chi connectivity index (χ2v) is 3.52. The Kier molecular flexibility index (Phi) is 2.92. The Morgan fingerprint density at radius 2 is 2.25 bits per heavy atom. The molecule has 1 aromatic heterocycles. The van der Waals surface area contributed by atoms with E-state index >= 15 is 0 Å². The molecule has 0 unspecified atom stereocenters. The molecule has 1 N–H and O–H groups in total. The summed E-state index contributed by atoms with van der Waals surface area (Å²) in [5, 5.41) is 13.4. The van der Waals surface area contributed by atoms with Gasteiger partial charge in [-0.25, -0.2) is 0 Å². The standard InChI is InChI=1S/C12H14N2O2/c1-14-12(8-15)11(7-13-14)9-4-3-5-10(6-9)16-2/h3-7,15H,8H2,1-2H3. The molecule has 0 saturated heterocycles. The summed E-state index contributed by atoms with van der Waals surface area (Å²) in [7, 11) is 3.45. The first-order valence-electron chi connectivity index (χ1n) is 5.02. The summed E-state index contributed by atoms with van der Waals surface area (Å²) in [5.74, 6) is 0.797. The topological polar surface area (TPSA) is 47.3 Å². The fourth-order valence-corrected chi connectivity index (χ4v) is 1.68. The zero-order valence-corrected chi connectivity index (χ0v) is 9.34. The predicted molar refractivity (Wildman–Crippen MR) is 61.1 cm³/mol. The molecule has 16 heavy (non-hydrogen) atoms. The lowest BCUT2D eigenvalue weighted by Gasteiger charge is -2.05. The molecule has 1 aromatic carbocycles. The summed E-state index contributed by atoms with van der Waals surface area (Å²) >= 11 is 0. The van der Waals surface area contributed by atoms with Gasteiger partial charge in [-0.05, 0) is 17.7 Å². The zero-order valence-electron chi connectivity index (χ0n) is 9.34. The van der Waals surface area contributed by atoms with Crippen molar-refractivity contribution in [1.82, 2.24) is 9.78 Å². The van der Waals surface area contributed by atoms with Gasteiger partial charge in [-0.1, -0.05) is 12.1 Å². The van der Waals surface area contributed by atoms with Crippen molar-refractivity contribution in [2.75, 3.05) is 7.11 Å². The molecular weight excluding hydrogens is 204 g/mol. The predicted octanol–water partition coefficient (Wildman–Crippen LogP) is 1.59. The van der Waals surface area contributed by atoms with Crippen molar-refractivity contribution in [1.29, 1.82) is 0 Å². The van der Waals surface area contributed by atoms with Gasteiger partial charge < -0.3 is 9.84 Å². The lowest BCUT2D eigenvalue weighted by molar-refractivity contribution is 0.271. The smallest absolute Gasteiger partial charge is 0.119 e. The Morgan fingerprint density at radius 3 is 2.94 bits per heavy atom. The molecule has 0 bridgehead atoms. The summed E-state index contributed by atoms with van der Waals surface area (Å²) < 4.78 is 6.84. The van der Waals surface area contributed by atoms with Crippen LogP contribution in [0.5, 0.6) is 5.75 Å². The second kappa shape index (κ2) is 4.37. The van der Waals surface area contributed by atoms with E-state index in [4.69, 9.17) is 4.74 Å². The molecule has 0 spiro atoms. The maximum Gasteiger partial charge on any atom is 0.119 e. The summed E-state index contributed by atoms with van der Waals surface area (Å²) in [5.41, 5.74) is 2.73. The van der Waals surface area contributed by atoms with Crippen molar-refractivity contribution in [3.8, 4) is 16.9 Å². The molecule has 84 valence electrons.